The van der Waals surface area contributed by atoms with Gasteiger partial charge in [0.05, 0.1) is 12.5 Å². The molecule has 3 heteroatoms. The van der Waals surface area contributed by atoms with Crippen LogP contribution >= 0.6 is 27.3 Å². The lowest BCUT2D eigenvalue weighted by Gasteiger charge is -2.04. The van der Waals surface area contributed by atoms with Crippen LogP contribution in [0.1, 0.15) is 11.1 Å². The monoisotopic (exact) mass is 265 g/mol. The Labute approximate surface area is 95.1 Å². The minimum atomic E-state index is 0.478. The standard InChI is InChI=1S/C11H8BrNS/c1-7-10(12)6-8(2-4-13)9-3-5-14-11(7)9/h3,5-6H,2H2,1H3. The Morgan fingerprint density at radius 1 is 1.57 bits per heavy atom. The molecule has 0 saturated heterocycles. The molecular formula is C11H8BrNS. The van der Waals surface area contributed by atoms with Crippen LogP contribution in [0, 0.1) is 18.3 Å². The van der Waals surface area contributed by atoms with E-state index < -0.39 is 0 Å². The maximum atomic E-state index is 8.71. The van der Waals surface area contributed by atoms with E-state index in [0.717, 1.165) is 10.0 Å². The molecule has 2 rings (SSSR count). The van der Waals surface area contributed by atoms with E-state index in [1.807, 2.05) is 6.07 Å². The van der Waals surface area contributed by atoms with Gasteiger partial charge >= 0.3 is 0 Å². The van der Waals surface area contributed by atoms with Crippen molar-refractivity contribution in [2.24, 2.45) is 0 Å². The van der Waals surface area contributed by atoms with Gasteiger partial charge in [-0.2, -0.15) is 5.26 Å². The first-order chi connectivity index (χ1) is 6.74. The van der Waals surface area contributed by atoms with E-state index in [-0.39, 0.29) is 0 Å². The van der Waals surface area contributed by atoms with E-state index in [2.05, 4.69) is 40.4 Å². The predicted molar refractivity (Wildman–Crippen MR) is 63.6 cm³/mol. The van der Waals surface area contributed by atoms with Gasteiger partial charge in [0, 0.05) is 9.17 Å². The Bertz CT molecular complexity index is 522. The minimum Gasteiger partial charge on any atom is -0.198 e. The Morgan fingerprint density at radius 3 is 3.07 bits per heavy atom. The first kappa shape index (κ1) is 9.70. The second kappa shape index (κ2) is 3.72. The maximum absolute atomic E-state index is 8.71. The van der Waals surface area contributed by atoms with Gasteiger partial charge in [0.1, 0.15) is 0 Å². The molecule has 0 saturated carbocycles. The van der Waals surface area contributed by atoms with Crippen LogP contribution in [0.2, 0.25) is 0 Å². The topological polar surface area (TPSA) is 23.8 Å². The summed E-state index contributed by atoms with van der Waals surface area (Å²) in [5.74, 6) is 0. The van der Waals surface area contributed by atoms with Crippen molar-refractivity contribution in [2.75, 3.05) is 0 Å². The molecule has 2 aromatic rings. The van der Waals surface area contributed by atoms with Crippen molar-refractivity contribution in [3.63, 3.8) is 0 Å². The molecule has 1 nitrogen and oxygen atoms in total. The summed E-state index contributed by atoms with van der Waals surface area (Å²) in [5.41, 5.74) is 2.37. The van der Waals surface area contributed by atoms with Crippen LogP contribution in [-0.4, -0.2) is 0 Å². The van der Waals surface area contributed by atoms with Crippen molar-refractivity contribution in [1.82, 2.24) is 0 Å². The third-order valence-electron chi connectivity index (χ3n) is 2.28. The van der Waals surface area contributed by atoms with Crippen LogP contribution in [0.3, 0.4) is 0 Å². The molecule has 0 aliphatic rings. The van der Waals surface area contributed by atoms with Gasteiger partial charge in [0.2, 0.25) is 0 Å². The summed E-state index contributed by atoms with van der Waals surface area (Å²) < 4.78 is 2.38. The molecule has 1 heterocycles. The summed E-state index contributed by atoms with van der Waals surface area (Å²) in [4.78, 5) is 0. The summed E-state index contributed by atoms with van der Waals surface area (Å²) in [5, 5.41) is 12.0. The summed E-state index contributed by atoms with van der Waals surface area (Å²) in [6, 6.07) is 6.34. The largest absolute Gasteiger partial charge is 0.198 e. The molecule has 70 valence electrons. The summed E-state index contributed by atoms with van der Waals surface area (Å²) in [7, 11) is 0. The molecule has 0 N–H and O–H groups in total. The average Bonchev–Trinajstić information content (AvgIpc) is 2.63. The molecule has 0 atom stereocenters. The zero-order valence-corrected chi connectivity index (χ0v) is 10.1. The van der Waals surface area contributed by atoms with E-state index >= 15 is 0 Å². The lowest BCUT2D eigenvalue weighted by Crippen LogP contribution is -1.85. The van der Waals surface area contributed by atoms with Crippen molar-refractivity contribution in [2.45, 2.75) is 13.3 Å². The van der Waals surface area contributed by atoms with Crippen LogP contribution in [-0.2, 0) is 6.42 Å². The normalized spacial score (nSPS) is 10.4. The van der Waals surface area contributed by atoms with Crippen molar-refractivity contribution >= 4 is 37.4 Å². The number of fused-ring (bicyclic) bond motifs is 1. The highest BCUT2D eigenvalue weighted by Crippen LogP contribution is 2.33. The van der Waals surface area contributed by atoms with Crippen molar-refractivity contribution in [3.8, 4) is 6.07 Å². The first-order valence-electron chi connectivity index (χ1n) is 4.26. The van der Waals surface area contributed by atoms with Gasteiger partial charge in [-0.1, -0.05) is 15.9 Å². The molecule has 0 amide bonds. The van der Waals surface area contributed by atoms with E-state index in [1.54, 1.807) is 11.3 Å². The summed E-state index contributed by atoms with van der Waals surface area (Å²) in [6.07, 6.45) is 0.478. The quantitative estimate of drug-likeness (QED) is 0.764. The van der Waals surface area contributed by atoms with Crippen LogP contribution in [0.5, 0.6) is 0 Å². The molecule has 1 aromatic carbocycles. The zero-order chi connectivity index (χ0) is 10.1. The van der Waals surface area contributed by atoms with Crippen molar-refractivity contribution in [3.05, 3.63) is 33.1 Å². The molecule has 0 radical (unpaired) electrons. The number of hydrogen-bond donors (Lipinski definition) is 0. The number of hydrogen-bond acceptors (Lipinski definition) is 2. The molecular weight excluding hydrogens is 258 g/mol. The average molecular weight is 266 g/mol. The zero-order valence-electron chi connectivity index (χ0n) is 7.67. The molecule has 1 aromatic heterocycles. The number of nitrogens with zero attached hydrogens (tertiary/aromatic N) is 1. The SMILES string of the molecule is Cc1c(Br)cc(CC#N)c2ccsc12. The Balaban J connectivity index is 2.79. The van der Waals surface area contributed by atoms with Crippen LogP contribution in [0.4, 0.5) is 0 Å². The fourth-order valence-corrected chi connectivity index (χ4v) is 3.09. The van der Waals surface area contributed by atoms with Gasteiger partial charge in [-0.05, 0) is 40.9 Å². The van der Waals surface area contributed by atoms with E-state index in [1.165, 1.54) is 15.6 Å². The van der Waals surface area contributed by atoms with Crippen LogP contribution in [0.15, 0.2) is 22.0 Å². The highest BCUT2D eigenvalue weighted by atomic mass is 79.9. The fraction of sp³-hybridized carbons (Fsp3) is 0.182. The smallest absolute Gasteiger partial charge is 0.0669 e. The summed E-state index contributed by atoms with van der Waals surface area (Å²) >= 11 is 5.25. The van der Waals surface area contributed by atoms with Crippen LogP contribution in [0.25, 0.3) is 10.1 Å². The second-order valence-electron chi connectivity index (χ2n) is 3.14. The predicted octanol–water partition coefficient (Wildman–Crippen LogP) is 4.04. The number of nitriles is 1. The molecule has 14 heavy (non-hydrogen) atoms. The lowest BCUT2D eigenvalue weighted by molar-refractivity contribution is 1.28. The minimum absolute atomic E-state index is 0.478. The summed E-state index contributed by atoms with van der Waals surface area (Å²) in [6.45, 7) is 2.10. The third-order valence-corrected chi connectivity index (χ3v) is 4.14. The first-order valence-corrected chi connectivity index (χ1v) is 5.93. The van der Waals surface area contributed by atoms with Gasteiger partial charge in [-0.3, -0.25) is 0 Å². The van der Waals surface area contributed by atoms with Gasteiger partial charge in [-0.15, -0.1) is 11.3 Å². The molecule has 0 bridgehead atoms. The van der Waals surface area contributed by atoms with Gasteiger partial charge in [-0.25, -0.2) is 0 Å². The molecule has 0 spiro atoms. The second-order valence-corrected chi connectivity index (χ2v) is 4.91. The highest BCUT2D eigenvalue weighted by molar-refractivity contribution is 9.10. The molecule has 0 aliphatic heterocycles. The Kier molecular flexibility index (Phi) is 2.58. The van der Waals surface area contributed by atoms with E-state index in [0.29, 0.717) is 6.42 Å². The van der Waals surface area contributed by atoms with Crippen molar-refractivity contribution < 1.29 is 0 Å². The number of benzene rings is 1. The molecule has 0 aliphatic carbocycles. The van der Waals surface area contributed by atoms with Crippen molar-refractivity contribution in [1.29, 1.82) is 5.26 Å². The van der Waals surface area contributed by atoms with Gasteiger partial charge < -0.3 is 0 Å². The van der Waals surface area contributed by atoms with Crippen LogP contribution < -0.4 is 0 Å². The number of rotatable bonds is 1. The Morgan fingerprint density at radius 2 is 2.36 bits per heavy atom. The highest BCUT2D eigenvalue weighted by Gasteiger charge is 2.08. The molecule has 0 fully saturated rings. The third kappa shape index (κ3) is 1.45. The maximum Gasteiger partial charge on any atom is 0.0669 e. The Hall–Kier alpha value is -0.850. The number of aryl methyl sites for hydroxylation is 1. The lowest BCUT2D eigenvalue weighted by atomic mass is 10.1. The van der Waals surface area contributed by atoms with E-state index in [4.69, 9.17) is 5.26 Å². The molecule has 0 unspecified atom stereocenters. The fourth-order valence-electron chi connectivity index (χ4n) is 1.53. The van der Waals surface area contributed by atoms with Gasteiger partial charge in [0.15, 0.2) is 0 Å². The van der Waals surface area contributed by atoms with Gasteiger partial charge in [0.25, 0.3) is 0 Å². The van der Waals surface area contributed by atoms with E-state index in [9.17, 15) is 0 Å². The number of halogens is 1. The number of thiophene rings is 1.